The van der Waals surface area contributed by atoms with E-state index in [1.807, 2.05) is 24.3 Å². The Labute approximate surface area is 181 Å². The number of hydrogen-bond acceptors (Lipinski definition) is 4. The van der Waals surface area contributed by atoms with Crippen molar-refractivity contribution in [3.8, 4) is 0 Å². The molecule has 30 heavy (non-hydrogen) atoms. The molecule has 1 aliphatic carbocycles. The number of benzene rings is 2. The molecule has 1 aliphatic rings. The lowest BCUT2D eigenvalue weighted by Crippen LogP contribution is -2.25. The third kappa shape index (κ3) is 5.86. The lowest BCUT2D eigenvalue weighted by molar-refractivity contribution is -0.120. The van der Waals surface area contributed by atoms with Gasteiger partial charge in [0.2, 0.25) is 11.8 Å². The number of anilines is 2. The van der Waals surface area contributed by atoms with Crippen LogP contribution in [0.25, 0.3) is 0 Å². The Balaban J connectivity index is 1.60. The van der Waals surface area contributed by atoms with Crippen LogP contribution in [-0.4, -0.2) is 23.0 Å². The molecule has 1 saturated carbocycles. The van der Waals surface area contributed by atoms with Gasteiger partial charge in [-0.1, -0.05) is 37.5 Å². The molecule has 0 spiro atoms. The molecular weight excluding hydrogens is 398 g/mol. The predicted molar refractivity (Wildman–Crippen MR) is 121 cm³/mol. The maximum absolute atomic E-state index is 12.6. The summed E-state index contributed by atoms with van der Waals surface area (Å²) < 4.78 is 0. The van der Waals surface area contributed by atoms with Crippen LogP contribution in [0, 0.1) is 5.92 Å². The van der Waals surface area contributed by atoms with E-state index in [0.717, 1.165) is 36.3 Å². The van der Waals surface area contributed by atoms with E-state index < -0.39 is 11.2 Å². The highest BCUT2D eigenvalue weighted by atomic mass is 32.2. The molecule has 2 aromatic carbocycles. The topological polar surface area (TPSA) is 101 Å². The van der Waals surface area contributed by atoms with Crippen LogP contribution in [0.5, 0.6) is 0 Å². The van der Waals surface area contributed by atoms with Gasteiger partial charge in [-0.2, -0.15) is 0 Å². The monoisotopic (exact) mass is 425 g/mol. The highest BCUT2D eigenvalue weighted by Crippen LogP contribution is 2.29. The van der Waals surface area contributed by atoms with Crippen molar-refractivity contribution in [3.63, 3.8) is 0 Å². The molecule has 7 heteroatoms. The Bertz CT molecular complexity index is 925. The van der Waals surface area contributed by atoms with Crippen molar-refractivity contribution in [2.24, 2.45) is 11.7 Å². The molecule has 1 atom stereocenters. The van der Waals surface area contributed by atoms with E-state index in [2.05, 4.69) is 10.6 Å². The Morgan fingerprint density at radius 3 is 2.47 bits per heavy atom. The number of primary amides is 1. The van der Waals surface area contributed by atoms with Crippen LogP contribution in [0.3, 0.4) is 0 Å². The zero-order valence-electron chi connectivity index (χ0n) is 17.0. The fraction of sp³-hybridized carbons (Fsp3) is 0.348. The zero-order valence-corrected chi connectivity index (χ0v) is 17.8. The summed E-state index contributed by atoms with van der Waals surface area (Å²) in [4.78, 5) is 37.5. The lowest BCUT2D eigenvalue weighted by atomic mass is 9.88. The summed E-state index contributed by atoms with van der Waals surface area (Å²) in [5.74, 6) is -0.659. The highest BCUT2D eigenvalue weighted by molar-refractivity contribution is 8.00. The van der Waals surface area contributed by atoms with Crippen LogP contribution in [0.15, 0.2) is 53.4 Å². The average molecular weight is 426 g/mol. The van der Waals surface area contributed by atoms with Gasteiger partial charge in [-0.05, 0) is 50.1 Å². The fourth-order valence-electron chi connectivity index (χ4n) is 3.56. The standard InChI is InChI=1S/C23H27N3O3S/c1-15(22(28)26-20-13-6-5-12-19(20)21(24)27)30-18-11-7-10-17(14-18)25-23(29)16-8-3-2-4-9-16/h5-7,10-16H,2-4,8-9H2,1H3,(H2,24,27)(H,25,29)(H,26,28). The highest BCUT2D eigenvalue weighted by Gasteiger charge is 2.21. The second-order valence-corrected chi connectivity index (χ2v) is 8.93. The second kappa shape index (κ2) is 10.3. The molecule has 0 radical (unpaired) electrons. The first-order valence-corrected chi connectivity index (χ1v) is 11.1. The van der Waals surface area contributed by atoms with Crippen molar-refractivity contribution in [2.75, 3.05) is 10.6 Å². The molecule has 158 valence electrons. The van der Waals surface area contributed by atoms with Gasteiger partial charge < -0.3 is 16.4 Å². The quantitative estimate of drug-likeness (QED) is 0.571. The van der Waals surface area contributed by atoms with E-state index in [-0.39, 0.29) is 23.3 Å². The first kappa shape index (κ1) is 21.9. The number of carbonyl (C=O) groups excluding carboxylic acids is 3. The molecule has 0 aromatic heterocycles. The summed E-state index contributed by atoms with van der Waals surface area (Å²) in [6, 6.07) is 14.2. The Morgan fingerprint density at radius 2 is 1.73 bits per heavy atom. The van der Waals surface area contributed by atoms with E-state index in [1.165, 1.54) is 18.2 Å². The number of rotatable bonds is 7. The summed E-state index contributed by atoms with van der Waals surface area (Å²) >= 11 is 1.38. The van der Waals surface area contributed by atoms with Crippen molar-refractivity contribution in [1.82, 2.24) is 0 Å². The Kier molecular flexibility index (Phi) is 7.52. The minimum absolute atomic E-state index is 0.0747. The number of para-hydroxylation sites is 1. The van der Waals surface area contributed by atoms with Crippen molar-refractivity contribution in [1.29, 1.82) is 0 Å². The third-order valence-corrected chi connectivity index (χ3v) is 6.30. The van der Waals surface area contributed by atoms with Gasteiger partial charge in [0, 0.05) is 16.5 Å². The van der Waals surface area contributed by atoms with Crippen LogP contribution >= 0.6 is 11.8 Å². The van der Waals surface area contributed by atoms with Crippen molar-refractivity contribution < 1.29 is 14.4 Å². The van der Waals surface area contributed by atoms with E-state index in [4.69, 9.17) is 5.73 Å². The summed E-state index contributed by atoms with van der Waals surface area (Å²) in [5, 5.41) is 5.37. The number of nitrogens with two attached hydrogens (primary N) is 1. The van der Waals surface area contributed by atoms with Crippen LogP contribution < -0.4 is 16.4 Å². The van der Waals surface area contributed by atoms with Gasteiger partial charge in [-0.25, -0.2) is 0 Å². The number of thioether (sulfide) groups is 1. The van der Waals surface area contributed by atoms with E-state index in [0.29, 0.717) is 5.69 Å². The maximum atomic E-state index is 12.6. The molecular formula is C23H27N3O3S. The van der Waals surface area contributed by atoms with Gasteiger partial charge in [0.25, 0.3) is 5.91 Å². The van der Waals surface area contributed by atoms with Gasteiger partial charge in [-0.3, -0.25) is 14.4 Å². The lowest BCUT2D eigenvalue weighted by Gasteiger charge is -2.21. The van der Waals surface area contributed by atoms with Crippen molar-refractivity contribution in [3.05, 3.63) is 54.1 Å². The van der Waals surface area contributed by atoms with E-state index >= 15 is 0 Å². The van der Waals surface area contributed by atoms with Crippen LogP contribution in [0.2, 0.25) is 0 Å². The molecule has 3 amide bonds. The molecule has 4 N–H and O–H groups in total. The summed E-state index contributed by atoms with van der Waals surface area (Å²) in [7, 11) is 0. The average Bonchev–Trinajstić information content (AvgIpc) is 2.74. The summed E-state index contributed by atoms with van der Waals surface area (Å²) in [5.41, 5.74) is 6.78. The minimum Gasteiger partial charge on any atom is -0.366 e. The normalized spacial score (nSPS) is 15.2. The number of nitrogens with one attached hydrogen (secondary N) is 2. The van der Waals surface area contributed by atoms with Crippen LogP contribution in [0.1, 0.15) is 49.4 Å². The first-order chi connectivity index (χ1) is 14.4. The van der Waals surface area contributed by atoms with Crippen molar-refractivity contribution in [2.45, 2.75) is 49.2 Å². The molecule has 0 bridgehead atoms. The first-order valence-electron chi connectivity index (χ1n) is 10.2. The van der Waals surface area contributed by atoms with E-state index in [9.17, 15) is 14.4 Å². The fourth-order valence-corrected chi connectivity index (χ4v) is 4.48. The zero-order chi connectivity index (χ0) is 21.5. The third-order valence-electron chi connectivity index (χ3n) is 5.21. The van der Waals surface area contributed by atoms with Gasteiger partial charge >= 0.3 is 0 Å². The maximum Gasteiger partial charge on any atom is 0.250 e. The molecule has 3 rings (SSSR count). The minimum atomic E-state index is -0.590. The smallest absolute Gasteiger partial charge is 0.250 e. The Hall–Kier alpha value is -2.80. The molecule has 0 heterocycles. The number of hydrogen-bond donors (Lipinski definition) is 3. The predicted octanol–water partition coefficient (Wildman–Crippen LogP) is 4.42. The van der Waals surface area contributed by atoms with Gasteiger partial charge in [0.1, 0.15) is 0 Å². The molecule has 0 aliphatic heterocycles. The number of amides is 3. The Morgan fingerprint density at radius 1 is 1.00 bits per heavy atom. The van der Waals surface area contributed by atoms with Crippen molar-refractivity contribution >= 4 is 40.9 Å². The van der Waals surface area contributed by atoms with Crippen LogP contribution in [-0.2, 0) is 9.59 Å². The summed E-state index contributed by atoms with van der Waals surface area (Å²) in [6.45, 7) is 1.79. The molecule has 1 fully saturated rings. The molecule has 1 unspecified atom stereocenters. The van der Waals surface area contributed by atoms with Gasteiger partial charge in [-0.15, -0.1) is 11.8 Å². The summed E-state index contributed by atoms with van der Waals surface area (Å²) in [6.07, 6.45) is 5.33. The second-order valence-electron chi connectivity index (χ2n) is 7.51. The van der Waals surface area contributed by atoms with E-state index in [1.54, 1.807) is 31.2 Å². The number of carbonyl (C=O) groups is 3. The SMILES string of the molecule is CC(Sc1cccc(NC(=O)C2CCCCC2)c1)C(=O)Nc1ccccc1C(N)=O. The molecule has 0 saturated heterocycles. The van der Waals surface area contributed by atoms with Gasteiger partial charge in [0.15, 0.2) is 0 Å². The van der Waals surface area contributed by atoms with Gasteiger partial charge in [0.05, 0.1) is 16.5 Å². The molecule has 6 nitrogen and oxygen atoms in total. The molecule has 2 aromatic rings. The van der Waals surface area contributed by atoms with Crippen LogP contribution in [0.4, 0.5) is 11.4 Å². The largest absolute Gasteiger partial charge is 0.366 e.